The molecule has 0 unspecified atom stereocenters. The molecule has 0 bridgehead atoms. The van der Waals surface area contributed by atoms with Gasteiger partial charge in [-0.2, -0.15) is 0 Å². The summed E-state index contributed by atoms with van der Waals surface area (Å²) in [6, 6.07) is -0.00400. The maximum Gasteiger partial charge on any atom is 0.407 e. The van der Waals surface area contributed by atoms with Gasteiger partial charge in [0, 0.05) is 25.2 Å². The first-order chi connectivity index (χ1) is 11.6. The predicted molar refractivity (Wildman–Crippen MR) is 86.3 cm³/mol. The average molecular weight is 350 g/mol. The van der Waals surface area contributed by atoms with Crippen molar-refractivity contribution >= 4 is 6.09 Å². The van der Waals surface area contributed by atoms with Gasteiger partial charge in [0.1, 0.15) is 0 Å². The van der Waals surface area contributed by atoms with Crippen LogP contribution in [0.1, 0.15) is 6.92 Å². The van der Waals surface area contributed by atoms with Gasteiger partial charge in [-0.3, -0.25) is 0 Å². The van der Waals surface area contributed by atoms with Crippen LogP contribution in [0.3, 0.4) is 0 Å². The van der Waals surface area contributed by atoms with Crippen molar-refractivity contribution in [1.82, 2.24) is 10.2 Å². The lowest BCUT2D eigenvalue weighted by atomic mass is 10.1. The van der Waals surface area contributed by atoms with Gasteiger partial charge in [0.25, 0.3) is 0 Å². The monoisotopic (exact) mass is 350 g/mol. The van der Waals surface area contributed by atoms with Crippen LogP contribution in [0.5, 0.6) is 0 Å². The van der Waals surface area contributed by atoms with Gasteiger partial charge < -0.3 is 39.4 Å². The predicted octanol–water partition coefficient (Wildman–Crippen LogP) is -0.615. The molecule has 1 aliphatic rings. The van der Waals surface area contributed by atoms with Gasteiger partial charge in [0.15, 0.2) is 0 Å². The Hall–Kier alpha value is -0.970. The molecule has 1 rings (SSSR count). The second kappa shape index (κ2) is 13.3. The lowest BCUT2D eigenvalue weighted by molar-refractivity contribution is -0.00998. The lowest BCUT2D eigenvalue weighted by Gasteiger charge is -2.36. The Balaban J connectivity index is 1.89. The molecule has 3 N–H and O–H groups in total. The Labute approximate surface area is 142 Å². The number of nitrogens with one attached hydrogen (secondary N) is 1. The molecule has 1 fully saturated rings. The molecule has 9 nitrogen and oxygen atoms in total. The van der Waals surface area contributed by atoms with Crippen LogP contribution < -0.4 is 5.32 Å². The van der Waals surface area contributed by atoms with Crippen molar-refractivity contribution in [3.63, 3.8) is 0 Å². The number of hydrogen-bond donors (Lipinski definition) is 3. The van der Waals surface area contributed by atoms with Crippen molar-refractivity contribution in [1.29, 1.82) is 0 Å². The van der Waals surface area contributed by atoms with Crippen molar-refractivity contribution in [3.05, 3.63) is 0 Å². The minimum atomic E-state index is -0.890. The summed E-state index contributed by atoms with van der Waals surface area (Å²) in [4.78, 5) is 12.5. The number of hydrogen-bond acceptors (Lipinski definition) is 7. The fraction of sp³-hybridized carbons (Fsp3) is 0.933. The van der Waals surface area contributed by atoms with E-state index in [-0.39, 0.29) is 18.7 Å². The van der Waals surface area contributed by atoms with E-state index < -0.39 is 6.09 Å². The zero-order valence-electron chi connectivity index (χ0n) is 14.3. The number of carboxylic acid groups (broad SMARTS) is 1. The van der Waals surface area contributed by atoms with Gasteiger partial charge in [-0.05, 0) is 6.92 Å². The first-order valence-corrected chi connectivity index (χ1v) is 8.30. The van der Waals surface area contributed by atoms with Gasteiger partial charge in [0.05, 0.1) is 59.5 Å². The summed E-state index contributed by atoms with van der Waals surface area (Å²) in [5.74, 6) is 0. The van der Waals surface area contributed by atoms with Crippen LogP contribution in [0.2, 0.25) is 0 Å². The van der Waals surface area contributed by atoms with Crippen LogP contribution in [0.15, 0.2) is 0 Å². The van der Waals surface area contributed by atoms with Crippen LogP contribution in [-0.4, -0.2) is 106 Å². The van der Waals surface area contributed by atoms with Gasteiger partial charge >= 0.3 is 6.09 Å². The highest BCUT2D eigenvalue weighted by molar-refractivity contribution is 5.65. The fourth-order valence-electron chi connectivity index (χ4n) is 2.26. The van der Waals surface area contributed by atoms with Crippen LogP contribution in [-0.2, 0) is 18.9 Å². The molecule has 1 aliphatic heterocycles. The molecule has 0 aromatic heterocycles. The highest BCUT2D eigenvalue weighted by atomic mass is 16.6. The van der Waals surface area contributed by atoms with E-state index >= 15 is 0 Å². The number of carbonyl (C=O) groups is 1. The quantitative estimate of drug-likeness (QED) is 0.377. The molecule has 0 aliphatic carbocycles. The van der Waals surface area contributed by atoms with E-state index in [1.54, 1.807) is 0 Å². The first-order valence-electron chi connectivity index (χ1n) is 8.30. The summed E-state index contributed by atoms with van der Waals surface area (Å²) in [5.41, 5.74) is 0. The average Bonchev–Trinajstić information content (AvgIpc) is 2.57. The Morgan fingerprint density at radius 1 is 1.04 bits per heavy atom. The van der Waals surface area contributed by atoms with Gasteiger partial charge in [-0.25, -0.2) is 4.79 Å². The molecule has 0 aromatic rings. The zero-order chi connectivity index (χ0) is 17.6. The number of nitrogens with zero attached hydrogens (tertiary/aromatic N) is 1. The van der Waals surface area contributed by atoms with Crippen LogP contribution in [0.25, 0.3) is 0 Å². The minimum absolute atomic E-state index is 0.0135. The lowest BCUT2D eigenvalue weighted by Crippen LogP contribution is -2.58. The van der Waals surface area contributed by atoms with E-state index in [1.807, 2.05) is 6.92 Å². The smallest absolute Gasteiger partial charge is 0.407 e. The number of aliphatic hydroxyl groups is 1. The van der Waals surface area contributed by atoms with Gasteiger partial charge in [0.2, 0.25) is 0 Å². The molecule has 0 radical (unpaired) electrons. The highest BCUT2D eigenvalue weighted by Gasteiger charge is 2.28. The van der Waals surface area contributed by atoms with Crippen molar-refractivity contribution in [2.75, 3.05) is 72.6 Å². The molecule has 0 saturated carbocycles. The van der Waals surface area contributed by atoms with E-state index in [9.17, 15) is 4.79 Å². The Morgan fingerprint density at radius 3 is 2.12 bits per heavy atom. The number of piperazine rings is 1. The molecule has 1 amide bonds. The van der Waals surface area contributed by atoms with E-state index in [1.165, 1.54) is 4.90 Å². The number of rotatable bonds is 13. The van der Waals surface area contributed by atoms with Crippen LogP contribution >= 0.6 is 0 Å². The molecule has 24 heavy (non-hydrogen) atoms. The molecular weight excluding hydrogens is 320 g/mol. The van der Waals surface area contributed by atoms with E-state index in [0.29, 0.717) is 65.9 Å². The molecule has 0 aromatic carbocycles. The molecule has 1 saturated heterocycles. The van der Waals surface area contributed by atoms with Crippen molar-refractivity contribution in [2.45, 2.75) is 19.0 Å². The van der Waals surface area contributed by atoms with E-state index in [0.717, 1.165) is 0 Å². The summed E-state index contributed by atoms with van der Waals surface area (Å²) in [5, 5.41) is 20.9. The second-order valence-electron chi connectivity index (χ2n) is 5.52. The third kappa shape index (κ3) is 9.36. The Morgan fingerprint density at radius 2 is 1.58 bits per heavy atom. The SMILES string of the molecule is C[C@@H]1CN[C@@H](COCCOCCOCCOCCO)CN1C(=O)O. The molecule has 2 atom stereocenters. The number of amides is 1. The van der Waals surface area contributed by atoms with Crippen molar-refractivity contribution < 1.29 is 34.0 Å². The van der Waals surface area contributed by atoms with Crippen molar-refractivity contribution in [2.24, 2.45) is 0 Å². The second-order valence-corrected chi connectivity index (χ2v) is 5.52. The summed E-state index contributed by atoms with van der Waals surface area (Å²) in [7, 11) is 0. The van der Waals surface area contributed by atoms with Gasteiger partial charge in [-0.15, -0.1) is 0 Å². The standard InChI is InChI=1S/C15H30N2O7/c1-13-10-16-14(11-17(13)15(19)20)12-24-9-8-23-7-6-22-5-4-21-3-2-18/h13-14,16,18H,2-12H2,1H3,(H,19,20)/t13-,14-/m1/s1. The maximum atomic E-state index is 11.1. The molecular formula is C15H30N2O7. The Bertz CT molecular complexity index is 333. The third-order valence-corrected chi connectivity index (χ3v) is 3.57. The minimum Gasteiger partial charge on any atom is -0.465 e. The molecule has 1 heterocycles. The molecule has 142 valence electrons. The molecule has 9 heteroatoms. The van der Waals surface area contributed by atoms with E-state index in [2.05, 4.69) is 5.32 Å². The summed E-state index contributed by atoms with van der Waals surface area (Å²) < 4.78 is 21.2. The Kier molecular flexibility index (Phi) is 11.7. The van der Waals surface area contributed by atoms with Crippen molar-refractivity contribution in [3.8, 4) is 0 Å². The number of ether oxygens (including phenoxy) is 4. The first kappa shape index (κ1) is 21.1. The summed E-state index contributed by atoms with van der Waals surface area (Å²) in [6.45, 7) is 6.59. The van der Waals surface area contributed by atoms with Gasteiger partial charge in [-0.1, -0.05) is 0 Å². The largest absolute Gasteiger partial charge is 0.465 e. The third-order valence-electron chi connectivity index (χ3n) is 3.57. The topological polar surface area (TPSA) is 110 Å². The number of aliphatic hydroxyl groups excluding tert-OH is 1. The molecule has 0 spiro atoms. The zero-order valence-corrected chi connectivity index (χ0v) is 14.3. The summed E-state index contributed by atoms with van der Waals surface area (Å²) >= 11 is 0. The fourth-order valence-corrected chi connectivity index (χ4v) is 2.26. The van der Waals surface area contributed by atoms with Crippen LogP contribution in [0, 0.1) is 0 Å². The normalized spacial score (nSPS) is 21.2. The maximum absolute atomic E-state index is 11.1. The van der Waals surface area contributed by atoms with E-state index in [4.69, 9.17) is 29.2 Å². The highest BCUT2D eigenvalue weighted by Crippen LogP contribution is 2.07. The van der Waals surface area contributed by atoms with Crippen LogP contribution in [0.4, 0.5) is 4.79 Å². The summed E-state index contributed by atoms with van der Waals surface area (Å²) in [6.07, 6.45) is -0.890.